The minimum absolute atomic E-state index is 0.0716. The molecule has 96 valence electrons. The fourth-order valence-electron chi connectivity index (χ4n) is 2.35. The fourth-order valence-corrected chi connectivity index (χ4v) is 2.35. The zero-order valence-electron chi connectivity index (χ0n) is 10.1. The molecule has 1 aliphatic carbocycles. The van der Waals surface area contributed by atoms with Crippen LogP contribution < -0.4 is 0 Å². The van der Waals surface area contributed by atoms with Gasteiger partial charge in [-0.3, -0.25) is 9.59 Å². The highest BCUT2D eigenvalue weighted by molar-refractivity contribution is 6.04. The molecule has 0 bridgehead atoms. The maximum Gasteiger partial charge on any atom is 0.319 e. The van der Waals surface area contributed by atoms with Crippen LogP contribution in [-0.2, 0) is 14.3 Å². The Morgan fingerprint density at radius 1 is 1.41 bits per heavy atom. The standard InChI is InChI=1S/C12H19NO4/c1-13(8-9-4-2-3-7-17-9)10(14)12(5-6-12)11(15)16/h9H,2-8H2,1H3,(H,15,16). The summed E-state index contributed by atoms with van der Waals surface area (Å²) in [6.07, 6.45) is 4.16. The zero-order valence-corrected chi connectivity index (χ0v) is 10.1. The van der Waals surface area contributed by atoms with Crippen molar-refractivity contribution >= 4 is 11.9 Å². The summed E-state index contributed by atoms with van der Waals surface area (Å²) in [5.41, 5.74) is -1.12. The zero-order chi connectivity index (χ0) is 12.5. The third-order valence-electron chi connectivity index (χ3n) is 3.67. The number of aliphatic carboxylic acids is 1. The summed E-state index contributed by atoms with van der Waals surface area (Å²) in [5.74, 6) is -1.25. The number of carboxylic acids is 1. The molecule has 1 N–H and O–H groups in total. The van der Waals surface area contributed by atoms with Gasteiger partial charge in [-0.2, -0.15) is 0 Å². The van der Waals surface area contributed by atoms with Crippen LogP contribution in [0.2, 0.25) is 0 Å². The number of likely N-dealkylation sites (N-methyl/N-ethyl adjacent to an activating group) is 1. The molecule has 0 spiro atoms. The molecule has 2 rings (SSSR count). The van der Waals surface area contributed by atoms with Crippen molar-refractivity contribution in [3.63, 3.8) is 0 Å². The van der Waals surface area contributed by atoms with E-state index < -0.39 is 11.4 Å². The van der Waals surface area contributed by atoms with Crippen LogP contribution in [-0.4, -0.2) is 48.2 Å². The number of carbonyl (C=O) groups is 2. The topological polar surface area (TPSA) is 66.8 Å². The van der Waals surface area contributed by atoms with Crippen molar-refractivity contribution in [2.45, 2.75) is 38.2 Å². The number of rotatable bonds is 4. The van der Waals surface area contributed by atoms with E-state index in [0.717, 1.165) is 25.9 Å². The molecule has 1 saturated carbocycles. The predicted octanol–water partition coefficient (Wildman–Crippen LogP) is 0.879. The molecule has 2 fully saturated rings. The van der Waals surface area contributed by atoms with Crippen molar-refractivity contribution in [3.05, 3.63) is 0 Å². The molecule has 1 atom stereocenters. The highest BCUT2D eigenvalue weighted by atomic mass is 16.5. The Bertz CT molecular complexity index is 318. The number of hydrogen-bond acceptors (Lipinski definition) is 3. The molecule has 1 heterocycles. The summed E-state index contributed by atoms with van der Waals surface area (Å²) < 4.78 is 5.55. The molecule has 5 nitrogen and oxygen atoms in total. The van der Waals surface area contributed by atoms with Gasteiger partial charge in [0.15, 0.2) is 0 Å². The third kappa shape index (κ3) is 2.44. The lowest BCUT2D eigenvalue weighted by atomic mass is 10.0. The average molecular weight is 241 g/mol. The van der Waals surface area contributed by atoms with E-state index in [-0.39, 0.29) is 12.0 Å². The van der Waals surface area contributed by atoms with Crippen LogP contribution in [0.5, 0.6) is 0 Å². The van der Waals surface area contributed by atoms with E-state index in [1.807, 2.05) is 0 Å². The lowest BCUT2D eigenvalue weighted by molar-refractivity contribution is -0.153. The van der Waals surface area contributed by atoms with Crippen LogP contribution in [0.1, 0.15) is 32.1 Å². The lowest BCUT2D eigenvalue weighted by Crippen LogP contribution is -2.43. The van der Waals surface area contributed by atoms with E-state index >= 15 is 0 Å². The molecule has 1 amide bonds. The van der Waals surface area contributed by atoms with E-state index in [1.54, 1.807) is 7.05 Å². The first kappa shape index (κ1) is 12.4. The number of carbonyl (C=O) groups excluding carboxylic acids is 1. The molecule has 0 aromatic rings. The maximum atomic E-state index is 12.0. The predicted molar refractivity (Wildman–Crippen MR) is 60.5 cm³/mol. The van der Waals surface area contributed by atoms with Crippen molar-refractivity contribution in [2.24, 2.45) is 5.41 Å². The Labute approximate surface area is 101 Å². The van der Waals surface area contributed by atoms with Gasteiger partial charge in [0.25, 0.3) is 0 Å². The number of hydrogen-bond donors (Lipinski definition) is 1. The van der Waals surface area contributed by atoms with Crippen molar-refractivity contribution in [3.8, 4) is 0 Å². The van der Waals surface area contributed by atoms with Gasteiger partial charge in [0.2, 0.25) is 5.91 Å². The van der Waals surface area contributed by atoms with Crippen molar-refractivity contribution < 1.29 is 19.4 Å². The van der Waals surface area contributed by atoms with Gasteiger partial charge in [-0.25, -0.2) is 0 Å². The molecule has 5 heteroatoms. The van der Waals surface area contributed by atoms with Gasteiger partial charge in [-0.1, -0.05) is 0 Å². The fraction of sp³-hybridized carbons (Fsp3) is 0.833. The second-order valence-electron chi connectivity index (χ2n) is 5.06. The molecular formula is C12H19NO4. The molecule has 1 unspecified atom stereocenters. The summed E-state index contributed by atoms with van der Waals surface area (Å²) in [6.45, 7) is 1.25. The highest BCUT2D eigenvalue weighted by Gasteiger charge is 2.58. The van der Waals surface area contributed by atoms with Gasteiger partial charge in [0, 0.05) is 20.2 Å². The van der Waals surface area contributed by atoms with Crippen molar-refractivity contribution in [1.82, 2.24) is 4.90 Å². The van der Waals surface area contributed by atoms with Gasteiger partial charge in [0.05, 0.1) is 6.10 Å². The molecule has 2 aliphatic rings. The van der Waals surface area contributed by atoms with E-state index in [9.17, 15) is 9.59 Å². The first-order valence-electron chi connectivity index (χ1n) is 6.17. The maximum absolute atomic E-state index is 12.0. The summed E-state index contributed by atoms with van der Waals surface area (Å²) in [5, 5.41) is 9.05. The van der Waals surface area contributed by atoms with Crippen molar-refractivity contribution in [2.75, 3.05) is 20.2 Å². The molecule has 0 radical (unpaired) electrons. The minimum Gasteiger partial charge on any atom is -0.480 e. The van der Waals surface area contributed by atoms with E-state index in [0.29, 0.717) is 19.4 Å². The van der Waals surface area contributed by atoms with Gasteiger partial charge in [-0.15, -0.1) is 0 Å². The average Bonchev–Trinajstić information content (AvgIpc) is 3.10. The van der Waals surface area contributed by atoms with Crippen LogP contribution in [0.3, 0.4) is 0 Å². The normalized spacial score (nSPS) is 26.3. The summed E-state index contributed by atoms with van der Waals surface area (Å²) >= 11 is 0. The Kier molecular flexibility index (Phi) is 3.38. The van der Waals surface area contributed by atoms with Gasteiger partial charge < -0.3 is 14.7 Å². The van der Waals surface area contributed by atoms with Crippen LogP contribution in [0.4, 0.5) is 0 Å². The van der Waals surface area contributed by atoms with Gasteiger partial charge in [0.1, 0.15) is 5.41 Å². The van der Waals surface area contributed by atoms with Crippen LogP contribution in [0.25, 0.3) is 0 Å². The summed E-state index contributed by atoms with van der Waals surface area (Å²) in [4.78, 5) is 24.6. The number of carboxylic acid groups (broad SMARTS) is 1. The van der Waals surface area contributed by atoms with Crippen LogP contribution in [0.15, 0.2) is 0 Å². The largest absolute Gasteiger partial charge is 0.480 e. The smallest absolute Gasteiger partial charge is 0.319 e. The van der Waals surface area contributed by atoms with Gasteiger partial charge in [-0.05, 0) is 32.1 Å². The highest BCUT2D eigenvalue weighted by Crippen LogP contribution is 2.47. The SMILES string of the molecule is CN(CC1CCCCO1)C(=O)C1(C(=O)O)CC1. The number of amides is 1. The molecular weight excluding hydrogens is 222 g/mol. The summed E-state index contributed by atoms with van der Waals surface area (Å²) in [7, 11) is 1.67. The first-order chi connectivity index (χ1) is 8.06. The Morgan fingerprint density at radius 3 is 2.59 bits per heavy atom. The molecule has 1 saturated heterocycles. The molecule has 0 aromatic heterocycles. The lowest BCUT2D eigenvalue weighted by Gasteiger charge is -2.28. The Balaban J connectivity index is 1.89. The molecule has 17 heavy (non-hydrogen) atoms. The second-order valence-corrected chi connectivity index (χ2v) is 5.06. The minimum atomic E-state index is -1.12. The first-order valence-corrected chi connectivity index (χ1v) is 6.17. The van der Waals surface area contributed by atoms with E-state index in [1.165, 1.54) is 4.90 Å². The molecule has 1 aliphatic heterocycles. The third-order valence-corrected chi connectivity index (χ3v) is 3.67. The molecule has 0 aromatic carbocycles. The van der Waals surface area contributed by atoms with Crippen LogP contribution >= 0.6 is 0 Å². The van der Waals surface area contributed by atoms with Gasteiger partial charge >= 0.3 is 5.97 Å². The second kappa shape index (κ2) is 4.64. The van der Waals surface area contributed by atoms with Crippen LogP contribution in [0, 0.1) is 5.41 Å². The van der Waals surface area contributed by atoms with Crippen molar-refractivity contribution in [1.29, 1.82) is 0 Å². The quantitative estimate of drug-likeness (QED) is 0.742. The van der Waals surface area contributed by atoms with E-state index in [2.05, 4.69) is 0 Å². The Hall–Kier alpha value is -1.10. The van der Waals surface area contributed by atoms with E-state index in [4.69, 9.17) is 9.84 Å². The summed E-state index contributed by atoms with van der Waals surface area (Å²) in [6, 6.07) is 0. The Morgan fingerprint density at radius 2 is 2.12 bits per heavy atom. The monoisotopic (exact) mass is 241 g/mol. The number of ether oxygens (including phenoxy) is 1. The number of nitrogens with zero attached hydrogens (tertiary/aromatic N) is 1.